The van der Waals surface area contributed by atoms with Gasteiger partial charge in [0.25, 0.3) is 0 Å². The van der Waals surface area contributed by atoms with Gasteiger partial charge in [0.15, 0.2) is 11.5 Å². The van der Waals surface area contributed by atoms with Gasteiger partial charge in [-0.15, -0.1) is 0 Å². The Kier molecular flexibility index (Phi) is 3.76. The first-order valence-electron chi connectivity index (χ1n) is 9.95. The fourth-order valence-electron chi connectivity index (χ4n) is 4.74. The van der Waals surface area contributed by atoms with Crippen LogP contribution in [0, 0.1) is 0 Å². The fourth-order valence-corrected chi connectivity index (χ4v) is 4.74. The Hall–Kier alpha value is -2.77. The predicted octanol–water partition coefficient (Wildman–Crippen LogP) is 1.90. The average Bonchev–Trinajstić information content (AvgIpc) is 3.25. The van der Waals surface area contributed by atoms with Gasteiger partial charge in [0, 0.05) is 17.3 Å². The predicted molar refractivity (Wildman–Crippen MR) is 103 cm³/mol. The van der Waals surface area contributed by atoms with Crippen LogP contribution >= 0.6 is 0 Å². The van der Waals surface area contributed by atoms with E-state index in [9.17, 15) is 4.79 Å². The first-order valence-corrected chi connectivity index (χ1v) is 9.95. The molecular weight excluding hydrogens is 374 g/mol. The molecule has 6 rings (SSSR count). The molecule has 0 unspecified atom stereocenters. The molecule has 2 atom stereocenters. The summed E-state index contributed by atoms with van der Waals surface area (Å²) in [7, 11) is 0. The molecule has 0 aromatic heterocycles. The van der Waals surface area contributed by atoms with Crippen LogP contribution in [0.3, 0.4) is 0 Å². The molecule has 1 fully saturated rings. The van der Waals surface area contributed by atoms with Crippen LogP contribution in [0.15, 0.2) is 36.4 Å². The van der Waals surface area contributed by atoms with E-state index in [0.29, 0.717) is 56.8 Å². The highest BCUT2D eigenvalue weighted by atomic mass is 16.6. The molecule has 7 heteroatoms. The molecule has 2 aromatic carbocycles. The number of anilines is 1. The normalized spacial score (nSPS) is 27.0. The highest BCUT2D eigenvalue weighted by Crippen LogP contribution is 2.54. The van der Waals surface area contributed by atoms with Crippen molar-refractivity contribution in [2.75, 3.05) is 51.1 Å². The Morgan fingerprint density at radius 2 is 1.76 bits per heavy atom. The van der Waals surface area contributed by atoms with Crippen LogP contribution in [0.25, 0.3) is 0 Å². The molecule has 0 bridgehead atoms. The molecule has 0 radical (unpaired) electrons. The summed E-state index contributed by atoms with van der Waals surface area (Å²) < 4.78 is 28.8. The standard InChI is InChI=1S/C22H21NO6/c24-21-22(13-29-18-10-20-19(9-16(18)22)27-7-8-28-20)15-3-1-2-4-17(15)23(21)11-14-12-25-5-6-26-14/h1-4,9-10,14H,5-8,11-13H2/t14-,22-/m1/s1. The van der Waals surface area contributed by atoms with Gasteiger partial charge in [0.2, 0.25) is 5.91 Å². The lowest BCUT2D eigenvalue weighted by Gasteiger charge is -2.29. The van der Waals surface area contributed by atoms with Crippen molar-refractivity contribution >= 4 is 11.6 Å². The first-order chi connectivity index (χ1) is 14.3. The van der Waals surface area contributed by atoms with Crippen LogP contribution in [0.2, 0.25) is 0 Å². The van der Waals surface area contributed by atoms with Crippen LogP contribution < -0.4 is 19.1 Å². The molecule has 4 aliphatic heterocycles. The molecule has 1 saturated heterocycles. The number of hydrogen-bond donors (Lipinski definition) is 0. The molecule has 7 nitrogen and oxygen atoms in total. The molecular formula is C22H21NO6. The number of nitrogens with zero attached hydrogens (tertiary/aromatic N) is 1. The Labute approximate surface area is 168 Å². The highest BCUT2D eigenvalue weighted by Gasteiger charge is 2.57. The minimum Gasteiger partial charge on any atom is -0.491 e. The number of carbonyl (C=O) groups excluding carboxylic acids is 1. The lowest BCUT2D eigenvalue weighted by atomic mass is 9.77. The molecule has 0 N–H and O–H groups in total. The topological polar surface area (TPSA) is 66.5 Å². The molecule has 0 aliphatic carbocycles. The summed E-state index contributed by atoms with van der Waals surface area (Å²) in [6.07, 6.45) is -0.141. The van der Waals surface area contributed by atoms with E-state index in [0.717, 1.165) is 16.8 Å². The fraction of sp³-hybridized carbons (Fsp3) is 0.409. The maximum Gasteiger partial charge on any atom is 0.245 e. The van der Waals surface area contributed by atoms with Gasteiger partial charge in [-0.1, -0.05) is 18.2 Å². The number of hydrogen-bond acceptors (Lipinski definition) is 6. The Bertz CT molecular complexity index is 985. The highest BCUT2D eigenvalue weighted by molar-refractivity contribution is 6.11. The van der Waals surface area contributed by atoms with Gasteiger partial charge in [-0.2, -0.15) is 0 Å². The zero-order valence-electron chi connectivity index (χ0n) is 15.9. The van der Waals surface area contributed by atoms with Gasteiger partial charge < -0.3 is 28.6 Å². The van der Waals surface area contributed by atoms with Crippen LogP contribution in [0.1, 0.15) is 11.1 Å². The zero-order valence-corrected chi connectivity index (χ0v) is 15.9. The average molecular weight is 395 g/mol. The van der Waals surface area contributed by atoms with Gasteiger partial charge in [0.1, 0.15) is 31.0 Å². The molecule has 150 valence electrons. The van der Waals surface area contributed by atoms with Crippen molar-refractivity contribution in [3.05, 3.63) is 47.5 Å². The quantitative estimate of drug-likeness (QED) is 0.774. The van der Waals surface area contributed by atoms with Crippen LogP contribution in [-0.2, 0) is 19.7 Å². The molecule has 1 spiro atoms. The number of fused-ring (bicyclic) bond motifs is 5. The van der Waals surface area contributed by atoms with Gasteiger partial charge in [-0.3, -0.25) is 4.79 Å². The minimum atomic E-state index is -0.878. The monoisotopic (exact) mass is 395 g/mol. The number of rotatable bonds is 2. The number of amides is 1. The molecule has 1 amide bonds. The maximum atomic E-state index is 13.9. The van der Waals surface area contributed by atoms with Crippen molar-refractivity contribution in [1.82, 2.24) is 0 Å². The summed E-state index contributed by atoms with van der Waals surface area (Å²) in [6.45, 7) is 3.36. The van der Waals surface area contributed by atoms with Crippen molar-refractivity contribution in [3.63, 3.8) is 0 Å². The van der Waals surface area contributed by atoms with E-state index in [1.807, 2.05) is 41.3 Å². The van der Waals surface area contributed by atoms with Crippen molar-refractivity contribution in [1.29, 1.82) is 0 Å². The Morgan fingerprint density at radius 3 is 2.59 bits per heavy atom. The van der Waals surface area contributed by atoms with Gasteiger partial charge >= 0.3 is 0 Å². The van der Waals surface area contributed by atoms with Crippen LogP contribution in [0.5, 0.6) is 17.2 Å². The largest absolute Gasteiger partial charge is 0.491 e. The van der Waals surface area contributed by atoms with Gasteiger partial charge in [-0.25, -0.2) is 0 Å². The molecule has 29 heavy (non-hydrogen) atoms. The van der Waals surface area contributed by atoms with E-state index in [-0.39, 0.29) is 18.6 Å². The maximum absolute atomic E-state index is 13.9. The number of para-hydroxylation sites is 1. The van der Waals surface area contributed by atoms with E-state index in [1.54, 1.807) is 0 Å². The number of ether oxygens (including phenoxy) is 5. The SMILES string of the molecule is O=C1N(C[C@@H]2COCCO2)c2ccccc2[C@@]12COc1cc3c(cc12)OCCO3. The Morgan fingerprint density at radius 1 is 0.931 bits per heavy atom. The van der Waals surface area contributed by atoms with E-state index in [4.69, 9.17) is 23.7 Å². The lowest BCUT2D eigenvalue weighted by molar-refractivity contribution is -0.123. The second kappa shape index (κ2) is 6.37. The zero-order chi connectivity index (χ0) is 19.4. The summed E-state index contributed by atoms with van der Waals surface area (Å²) in [5.41, 5.74) is 1.81. The van der Waals surface area contributed by atoms with E-state index in [2.05, 4.69) is 0 Å². The first kappa shape index (κ1) is 17.1. The summed E-state index contributed by atoms with van der Waals surface area (Å²) in [5, 5.41) is 0. The third-order valence-electron chi connectivity index (χ3n) is 6.08. The van der Waals surface area contributed by atoms with Crippen LogP contribution in [0.4, 0.5) is 5.69 Å². The smallest absolute Gasteiger partial charge is 0.245 e. The third-order valence-corrected chi connectivity index (χ3v) is 6.08. The van der Waals surface area contributed by atoms with Crippen molar-refractivity contribution < 1.29 is 28.5 Å². The van der Waals surface area contributed by atoms with Gasteiger partial charge in [-0.05, 0) is 17.7 Å². The second-order valence-corrected chi connectivity index (χ2v) is 7.69. The van der Waals surface area contributed by atoms with Crippen molar-refractivity contribution in [2.45, 2.75) is 11.5 Å². The minimum absolute atomic E-state index is 0.00306. The summed E-state index contributed by atoms with van der Waals surface area (Å²) in [6, 6.07) is 11.7. The van der Waals surface area contributed by atoms with Crippen molar-refractivity contribution in [2.24, 2.45) is 0 Å². The summed E-state index contributed by atoms with van der Waals surface area (Å²) in [4.78, 5) is 15.7. The van der Waals surface area contributed by atoms with E-state index in [1.165, 1.54) is 0 Å². The second-order valence-electron chi connectivity index (χ2n) is 7.69. The molecule has 4 heterocycles. The van der Waals surface area contributed by atoms with Crippen molar-refractivity contribution in [3.8, 4) is 17.2 Å². The van der Waals surface area contributed by atoms with E-state index < -0.39 is 5.41 Å². The summed E-state index contributed by atoms with van der Waals surface area (Å²) in [5.74, 6) is 2.00. The molecule has 0 saturated carbocycles. The van der Waals surface area contributed by atoms with Gasteiger partial charge in [0.05, 0.1) is 32.5 Å². The van der Waals surface area contributed by atoms with E-state index >= 15 is 0 Å². The number of carbonyl (C=O) groups is 1. The number of benzene rings is 2. The van der Waals surface area contributed by atoms with Crippen LogP contribution in [-0.4, -0.2) is 58.2 Å². The Balaban J connectivity index is 1.45. The molecule has 4 aliphatic rings. The molecule has 2 aromatic rings. The lowest BCUT2D eigenvalue weighted by Crippen LogP contribution is -2.47. The third kappa shape index (κ3) is 2.41. The summed E-state index contributed by atoms with van der Waals surface area (Å²) >= 11 is 0.